The molecule has 0 radical (unpaired) electrons. The van der Waals surface area contributed by atoms with Crippen molar-refractivity contribution in [2.24, 2.45) is 0 Å². The van der Waals surface area contributed by atoms with Crippen LogP contribution in [-0.4, -0.2) is 20.2 Å². The van der Waals surface area contributed by atoms with Crippen molar-refractivity contribution in [1.82, 2.24) is 0 Å². The first kappa shape index (κ1) is 17.9. The average molecular weight is 328 g/mol. The fraction of sp³-hybridized carbons (Fsp3) is 0.350. The van der Waals surface area contributed by atoms with Gasteiger partial charge in [0.1, 0.15) is 18.1 Å². The fourth-order valence-electron chi connectivity index (χ4n) is 2.60. The zero-order valence-electron chi connectivity index (χ0n) is 14.7. The molecule has 2 aromatic rings. The van der Waals surface area contributed by atoms with Gasteiger partial charge in [0, 0.05) is 5.56 Å². The van der Waals surface area contributed by atoms with E-state index in [0.29, 0.717) is 12.4 Å². The van der Waals surface area contributed by atoms with Crippen molar-refractivity contribution in [3.05, 3.63) is 58.7 Å². The second kappa shape index (κ2) is 8.39. The molecule has 0 aromatic heterocycles. The number of carbonyl (C=O) groups is 1. The van der Waals surface area contributed by atoms with Crippen LogP contribution >= 0.6 is 0 Å². The summed E-state index contributed by atoms with van der Waals surface area (Å²) in [4.78, 5) is 11.6. The zero-order chi connectivity index (χ0) is 17.5. The lowest BCUT2D eigenvalue weighted by molar-refractivity contribution is -0.139. The van der Waals surface area contributed by atoms with E-state index in [1.807, 2.05) is 31.2 Å². The van der Waals surface area contributed by atoms with E-state index in [1.165, 1.54) is 12.7 Å². The molecule has 0 fully saturated rings. The Morgan fingerprint density at radius 1 is 1.08 bits per heavy atom. The Morgan fingerprint density at radius 3 is 2.50 bits per heavy atom. The summed E-state index contributed by atoms with van der Waals surface area (Å²) in [7, 11) is 3.00. The summed E-state index contributed by atoms with van der Waals surface area (Å²) in [6, 6.07) is 11.8. The van der Waals surface area contributed by atoms with Gasteiger partial charge in [0.15, 0.2) is 0 Å². The normalized spacial score (nSPS) is 10.3. The number of rotatable bonds is 7. The maximum absolute atomic E-state index is 11.6. The number of aryl methyl sites for hydroxylation is 2. The quantitative estimate of drug-likeness (QED) is 0.724. The molecule has 24 heavy (non-hydrogen) atoms. The van der Waals surface area contributed by atoms with Gasteiger partial charge >= 0.3 is 5.97 Å². The Balaban J connectivity index is 2.23. The van der Waals surface area contributed by atoms with Gasteiger partial charge in [-0.25, -0.2) is 0 Å². The van der Waals surface area contributed by atoms with Gasteiger partial charge in [-0.1, -0.05) is 31.2 Å². The fourth-order valence-corrected chi connectivity index (χ4v) is 2.60. The summed E-state index contributed by atoms with van der Waals surface area (Å²) in [6.45, 7) is 4.50. The van der Waals surface area contributed by atoms with E-state index < -0.39 is 0 Å². The lowest BCUT2D eigenvalue weighted by Gasteiger charge is -2.16. The maximum atomic E-state index is 11.6. The highest BCUT2D eigenvalue weighted by molar-refractivity contribution is 5.73. The third-order valence-electron chi connectivity index (χ3n) is 4.03. The molecule has 0 spiro atoms. The summed E-state index contributed by atoms with van der Waals surface area (Å²) < 4.78 is 16.2. The van der Waals surface area contributed by atoms with Gasteiger partial charge in [-0.05, 0) is 42.2 Å². The number of methoxy groups -OCH3 is 2. The van der Waals surface area contributed by atoms with E-state index in [-0.39, 0.29) is 12.4 Å². The van der Waals surface area contributed by atoms with Crippen LogP contribution in [0.1, 0.15) is 29.2 Å². The van der Waals surface area contributed by atoms with Crippen molar-refractivity contribution in [2.45, 2.75) is 33.3 Å². The Bertz CT molecular complexity index is 707. The molecule has 0 saturated carbocycles. The number of hydrogen-bond acceptors (Lipinski definition) is 4. The van der Waals surface area contributed by atoms with Crippen LogP contribution in [0.15, 0.2) is 36.4 Å². The van der Waals surface area contributed by atoms with Crippen LogP contribution in [0, 0.1) is 6.92 Å². The lowest BCUT2D eigenvalue weighted by Crippen LogP contribution is -2.10. The standard InChI is InChI=1S/C20H24O4/c1-5-15-9-10-18(14(2)11-15)24-13-17-16(12-20(21)23-4)7-6-8-19(17)22-3/h6-11H,5,12-13H2,1-4H3. The number of carbonyl (C=O) groups excluding carboxylic acids is 1. The summed E-state index contributed by atoms with van der Waals surface area (Å²) in [5.74, 6) is 1.26. The van der Waals surface area contributed by atoms with Crippen LogP contribution in [0.2, 0.25) is 0 Å². The van der Waals surface area contributed by atoms with Gasteiger partial charge in [0.25, 0.3) is 0 Å². The molecule has 0 N–H and O–H groups in total. The molecule has 4 heteroatoms. The third-order valence-corrected chi connectivity index (χ3v) is 4.03. The molecule has 0 atom stereocenters. The highest BCUT2D eigenvalue weighted by Crippen LogP contribution is 2.26. The molecule has 0 unspecified atom stereocenters. The Morgan fingerprint density at radius 2 is 1.88 bits per heavy atom. The van der Waals surface area contributed by atoms with Crippen molar-refractivity contribution in [3.63, 3.8) is 0 Å². The van der Waals surface area contributed by atoms with Crippen LogP contribution in [0.3, 0.4) is 0 Å². The van der Waals surface area contributed by atoms with Gasteiger partial charge < -0.3 is 14.2 Å². The molecule has 128 valence electrons. The number of hydrogen-bond donors (Lipinski definition) is 0. The van der Waals surface area contributed by atoms with E-state index in [4.69, 9.17) is 14.2 Å². The minimum Gasteiger partial charge on any atom is -0.496 e. The monoisotopic (exact) mass is 328 g/mol. The first-order valence-electron chi connectivity index (χ1n) is 8.03. The number of benzene rings is 2. The highest BCUT2D eigenvalue weighted by Gasteiger charge is 2.14. The number of ether oxygens (including phenoxy) is 3. The Hall–Kier alpha value is -2.49. The first-order chi connectivity index (χ1) is 11.6. The van der Waals surface area contributed by atoms with Crippen LogP contribution in [-0.2, 0) is 29.0 Å². The summed E-state index contributed by atoms with van der Waals surface area (Å²) in [5.41, 5.74) is 4.09. The van der Waals surface area contributed by atoms with E-state index in [0.717, 1.165) is 28.9 Å². The first-order valence-corrected chi connectivity index (χ1v) is 8.03. The molecule has 2 rings (SSSR count). The molecular weight excluding hydrogens is 304 g/mol. The largest absolute Gasteiger partial charge is 0.496 e. The summed E-state index contributed by atoms with van der Waals surface area (Å²) in [6.07, 6.45) is 1.19. The molecule has 0 bridgehead atoms. The topological polar surface area (TPSA) is 44.8 Å². The van der Waals surface area contributed by atoms with Crippen molar-refractivity contribution < 1.29 is 19.0 Å². The van der Waals surface area contributed by atoms with Crippen molar-refractivity contribution in [3.8, 4) is 11.5 Å². The molecule has 4 nitrogen and oxygen atoms in total. The van der Waals surface area contributed by atoms with Gasteiger partial charge in [-0.3, -0.25) is 4.79 Å². The number of esters is 1. The van der Waals surface area contributed by atoms with Crippen LogP contribution < -0.4 is 9.47 Å². The Kier molecular flexibility index (Phi) is 6.24. The minimum atomic E-state index is -0.284. The van der Waals surface area contributed by atoms with Crippen LogP contribution in [0.5, 0.6) is 11.5 Å². The van der Waals surface area contributed by atoms with Gasteiger partial charge in [-0.2, -0.15) is 0 Å². The maximum Gasteiger partial charge on any atom is 0.309 e. The molecule has 0 aliphatic rings. The van der Waals surface area contributed by atoms with Crippen LogP contribution in [0.25, 0.3) is 0 Å². The molecule has 2 aromatic carbocycles. The van der Waals surface area contributed by atoms with E-state index in [2.05, 4.69) is 19.1 Å². The van der Waals surface area contributed by atoms with Crippen molar-refractivity contribution in [2.75, 3.05) is 14.2 Å². The summed E-state index contributed by atoms with van der Waals surface area (Å²) >= 11 is 0. The smallest absolute Gasteiger partial charge is 0.309 e. The van der Waals surface area contributed by atoms with E-state index in [1.54, 1.807) is 7.11 Å². The second-order valence-corrected chi connectivity index (χ2v) is 5.59. The molecule has 0 saturated heterocycles. The molecular formula is C20H24O4. The molecule has 0 aliphatic heterocycles. The molecule has 0 amide bonds. The molecule has 0 aliphatic carbocycles. The predicted octanol–water partition coefficient (Wildman–Crippen LogP) is 3.86. The van der Waals surface area contributed by atoms with E-state index >= 15 is 0 Å². The van der Waals surface area contributed by atoms with E-state index in [9.17, 15) is 4.79 Å². The average Bonchev–Trinajstić information content (AvgIpc) is 2.60. The van der Waals surface area contributed by atoms with Crippen molar-refractivity contribution in [1.29, 1.82) is 0 Å². The third kappa shape index (κ3) is 4.28. The summed E-state index contributed by atoms with van der Waals surface area (Å²) in [5, 5.41) is 0. The lowest BCUT2D eigenvalue weighted by atomic mass is 10.0. The highest BCUT2D eigenvalue weighted by atomic mass is 16.5. The van der Waals surface area contributed by atoms with Crippen LogP contribution in [0.4, 0.5) is 0 Å². The van der Waals surface area contributed by atoms with Gasteiger partial charge in [0.2, 0.25) is 0 Å². The SMILES string of the molecule is CCc1ccc(OCc2c(CC(=O)OC)cccc2OC)c(C)c1. The zero-order valence-corrected chi connectivity index (χ0v) is 14.7. The van der Waals surface area contributed by atoms with Crippen molar-refractivity contribution >= 4 is 5.97 Å². The Labute approximate surface area is 143 Å². The molecule has 0 heterocycles. The van der Waals surface area contributed by atoms with Gasteiger partial charge in [0.05, 0.1) is 20.6 Å². The predicted molar refractivity (Wildman–Crippen MR) is 93.6 cm³/mol. The van der Waals surface area contributed by atoms with Gasteiger partial charge in [-0.15, -0.1) is 0 Å². The minimum absolute atomic E-state index is 0.195. The second-order valence-electron chi connectivity index (χ2n) is 5.59.